The molecule has 4 rings (SSSR count). The van der Waals surface area contributed by atoms with Crippen molar-refractivity contribution in [2.24, 2.45) is 0 Å². The maximum Gasteiger partial charge on any atom is 0.255 e. The topological polar surface area (TPSA) is 103 Å². The number of ether oxygens (including phenoxy) is 3. The van der Waals surface area contributed by atoms with E-state index in [1.165, 1.54) is 20.1 Å². The second-order valence-corrected chi connectivity index (χ2v) is 8.42. The van der Waals surface area contributed by atoms with E-state index in [1.807, 2.05) is 12.1 Å². The molecule has 0 aliphatic heterocycles. The van der Waals surface area contributed by atoms with E-state index in [0.29, 0.717) is 46.8 Å². The normalized spacial score (nSPS) is 13.9. The summed E-state index contributed by atoms with van der Waals surface area (Å²) >= 11 is 0. The van der Waals surface area contributed by atoms with Crippen molar-refractivity contribution in [1.82, 2.24) is 5.32 Å². The maximum atomic E-state index is 13.3. The van der Waals surface area contributed by atoms with Gasteiger partial charge in [-0.1, -0.05) is 24.3 Å². The van der Waals surface area contributed by atoms with E-state index in [2.05, 4.69) is 10.6 Å². The molecule has 0 radical (unpaired) electrons. The number of fused-ring (bicyclic) bond motifs is 3. The van der Waals surface area contributed by atoms with Crippen LogP contribution in [0.4, 0.5) is 5.69 Å². The van der Waals surface area contributed by atoms with E-state index < -0.39 is 11.9 Å². The highest BCUT2D eigenvalue weighted by atomic mass is 16.5. The Hall–Kier alpha value is -4.33. The van der Waals surface area contributed by atoms with Crippen LogP contribution < -0.4 is 30.3 Å². The lowest BCUT2D eigenvalue weighted by molar-refractivity contribution is -0.119. The molecule has 8 heteroatoms. The van der Waals surface area contributed by atoms with Crippen molar-refractivity contribution in [3.8, 4) is 28.4 Å². The molecule has 1 aliphatic carbocycles. The van der Waals surface area contributed by atoms with E-state index in [1.54, 1.807) is 50.6 Å². The molecule has 8 nitrogen and oxygen atoms in total. The van der Waals surface area contributed by atoms with Crippen molar-refractivity contribution in [3.63, 3.8) is 0 Å². The summed E-state index contributed by atoms with van der Waals surface area (Å²) in [7, 11) is 4.63. The van der Waals surface area contributed by atoms with Crippen LogP contribution in [0.5, 0.6) is 17.2 Å². The van der Waals surface area contributed by atoms with Gasteiger partial charge in [0.15, 0.2) is 11.5 Å². The van der Waals surface area contributed by atoms with Gasteiger partial charge in [0, 0.05) is 18.1 Å². The van der Waals surface area contributed by atoms with Gasteiger partial charge in [-0.05, 0) is 59.9 Å². The summed E-state index contributed by atoms with van der Waals surface area (Å²) in [5, 5.41) is 5.69. The zero-order valence-corrected chi connectivity index (χ0v) is 20.6. The van der Waals surface area contributed by atoms with Crippen LogP contribution in [0.15, 0.2) is 59.4 Å². The zero-order valence-electron chi connectivity index (χ0n) is 20.6. The monoisotopic (exact) mass is 488 g/mol. The third-order valence-corrected chi connectivity index (χ3v) is 6.20. The van der Waals surface area contributed by atoms with E-state index >= 15 is 0 Å². The highest BCUT2D eigenvalue weighted by Crippen LogP contribution is 2.50. The molecule has 3 aromatic carbocycles. The highest BCUT2D eigenvalue weighted by molar-refractivity contribution is 6.04. The van der Waals surface area contributed by atoms with Crippen LogP contribution in [0, 0.1) is 0 Å². The molecule has 1 aliphatic rings. The molecule has 3 aromatic rings. The quantitative estimate of drug-likeness (QED) is 0.541. The Morgan fingerprint density at radius 3 is 2.28 bits per heavy atom. The Kier molecular flexibility index (Phi) is 7.24. The van der Waals surface area contributed by atoms with E-state index in [0.717, 1.165) is 11.1 Å². The smallest absolute Gasteiger partial charge is 0.255 e. The minimum Gasteiger partial charge on any atom is -0.493 e. The first kappa shape index (κ1) is 24.8. The standard InChI is InChI=1S/C28H28N2O6/c1-16(31)29-21-12-10-18-14-24(34-2)26(35-3)27(36-4)25(18)19-11-13-22(23(32)15-20(19)21)30-28(33)17-8-6-5-7-9-17/h5-9,11,13-15,21H,10,12H2,1-4H3,(H,29,31)(H,30,32,33)/t21-/m1/s1. The molecule has 36 heavy (non-hydrogen) atoms. The second-order valence-electron chi connectivity index (χ2n) is 8.42. The second kappa shape index (κ2) is 10.5. The van der Waals surface area contributed by atoms with Gasteiger partial charge in [0.25, 0.3) is 5.91 Å². The van der Waals surface area contributed by atoms with Crippen molar-refractivity contribution >= 4 is 17.5 Å². The number of carbonyl (C=O) groups excluding carboxylic acids is 2. The molecule has 0 fully saturated rings. The summed E-state index contributed by atoms with van der Waals surface area (Å²) in [6.07, 6.45) is 1.15. The number of anilines is 1. The number of methoxy groups -OCH3 is 3. The van der Waals surface area contributed by atoms with E-state index in [-0.39, 0.29) is 17.0 Å². The number of rotatable bonds is 6. The van der Waals surface area contributed by atoms with Gasteiger partial charge < -0.3 is 24.8 Å². The van der Waals surface area contributed by atoms with Crippen LogP contribution >= 0.6 is 0 Å². The lowest BCUT2D eigenvalue weighted by atomic mass is 9.95. The number of aryl methyl sites for hydroxylation is 1. The maximum absolute atomic E-state index is 13.3. The summed E-state index contributed by atoms with van der Waals surface area (Å²) in [5.41, 5.74) is 3.17. The molecule has 186 valence electrons. The Labute approximate surface area is 209 Å². The number of nitrogens with one attached hydrogen (secondary N) is 2. The average molecular weight is 489 g/mol. The van der Waals surface area contributed by atoms with Crippen molar-refractivity contribution in [2.75, 3.05) is 26.6 Å². The summed E-state index contributed by atoms with van der Waals surface area (Å²) < 4.78 is 16.9. The summed E-state index contributed by atoms with van der Waals surface area (Å²) in [6, 6.07) is 14.9. The Morgan fingerprint density at radius 2 is 1.64 bits per heavy atom. The number of carbonyl (C=O) groups is 2. The molecule has 0 spiro atoms. The predicted molar refractivity (Wildman–Crippen MR) is 137 cm³/mol. The fraction of sp³-hybridized carbons (Fsp3) is 0.250. The molecular formula is C28H28N2O6. The molecule has 0 unspecified atom stereocenters. The number of benzene rings is 2. The summed E-state index contributed by atoms with van der Waals surface area (Å²) in [4.78, 5) is 38.1. The average Bonchev–Trinajstić information content (AvgIpc) is 3.12. The molecule has 1 atom stereocenters. The minimum absolute atomic E-state index is 0.125. The predicted octanol–water partition coefficient (Wildman–Crippen LogP) is 4.12. The fourth-order valence-electron chi connectivity index (χ4n) is 4.59. The van der Waals surface area contributed by atoms with Gasteiger partial charge in [-0.15, -0.1) is 0 Å². The SMILES string of the molecule is COc1cc2c(c(OC)c1OC)-c1ccc(NC(=O)c3ccccc3)c(=O)cc1[C@H](NC(C)=O)CC2. The van der Waals surface area contributed by atoms with Gasteiger partial charge in [-0.3, -0.25) is 14.4 Å². The minimum atomic E-state index is -0.427. The van der Waals surface area contributed by atoms with Gasteiger partial charge in [0.1, 0.15) is 0 Å². The van der Waals surface area contributed by atoms with Crippen LogP contribution in [-0.4, -0.2) is 33.1 Å². The van der Waals surface area contributed by atoms with Gasteiger partial charge in [-0.2, -0.15) is 0 Å². The largest absolute Gasteiger partial charge is 0.493 e. The Bertz CT molecular complexity index is 1370. The first-order valence-electron chi connectivity index (χ1n) is 11.5. The van der Waals surface area contributed by atoms with Crippen molar-refractivity contribution < 1.29 is 23.8 Å². The van der Waals surface area contributed by atoms with Crippen LogP contribution in [0.25, 0.3) is 11.1 Å². The van der Waals surface area contributed by atoms with Crippen LogP contribution in [0.3, 0.4) is 0 Å². The first-order valence-corrected chi connectivity index (χ1v) is 11.5. The Morgan fingerprint density at radius 1 is 0.917 bits per heavy atom. The molecule has 0 aromatic heterocycles. The molecule has 0 bridgehead atoms. The van der Waals surface area contributed by atoms with E-state index in [4.69, 9.17) is 14.2 Å². The van der Waals surface area contributed by atoms with E-state index in [9.17, 15) is 14.4 Å². The van der Waals surface area contributed by atoms with Gasteiger partial charge in [-0.25, -0.2) is 0 Å². The molecule has 2 amide bonds. The third-order valence-electron chi connectivity index (χ3n) is 6.20. The number of hydrogen-bond donors (Lipinski definition) is 2. The van der Waals surface area contributed by atoms with Crippen LogP contribution in [0.2, 0.25) is 0 Å². The highest BCUT2D eigenvalue weighted by Gasteiger charge is 2.29. The van der Waals surface area contributed by atoms with Gasteiger partial charge >= 0.3 is 0 Å². The summed E-state index contributed by atoms with van der Waals surface area (Å²) in [5.74, 6) is 0.806. The zero-order chi connectivity index (χ0) is 25.8. The number of hydrogen-bond acceptors (Lipinski definition) is 6. The van der Waals surface area contributed by atoms with Crippen molar-refractivity contribution in [3.05, 3.63) is 81.5 Å². The molecule has 2 N–H and O–H groups in total. The molecule has 0 heterocycles. The molecule has 0 saturated carbocycles. The van der Waals surface area contributed by atoms with Crippen LogP contribution in [0.1, 0.15) is 40.9 Å². The van der Waals surface area contributed by atoms with Crippen molar-refractivity contribution in [1.29, 1.82) is 0 Å². The first-order chi connectivity index (χ1) is 17.4. The van der Waals surface area contributed by atoms with Gasteiger partial charge in [0.05, 0.1) is 33.1 Å². The number of amides is 2. The third kappa shape index (κ3) is 4.75. The Balaban J connectivity index is 1.94. The van der Waals surface area contributed by atoms with Gasteiger partial charge in [0.2, 0.25) is 17.1 Å². The fourth-order valence-corrected chi connectivity index (χ4v) is 4.59. The lowest BCUT2D eigenvalue weighted by Gasteiger charge is -2.19. The molecular weight excluding hydrogens is 460 g/mol. The molecule has 0 saturated heterocycles. The van der Waals surface area contributed by atoms with Crippen molar-refractivity contribution in [2.45, 2.75) is 25.8 Å². The lowest BCUT2D eigenvalue weighted by Crippen LogP contribution is -2.26. The van der Waals surface area contributed by atoms with Crippen LogP contribution in [-0.2, 0) is 11.2 Å². The summed E-state index contributed by atoms with van der Waals surface area (Å²) in [6.45, 7) is 1.44.